The lowest BCUT2D eigenvalue weighted by Crippen LogP contribution is -2.47. The van der Waals surface area contributed by atoms with Crippen molar-refractivity contribution in [3.05, 3.63) is 54.4 Å². The van der Waals surface area contributed by atoms with Gasteiger partial charge in [0.15, 0.2) is 0 Å². The van der Waals surface area contributed by atoms with E-state index in [4.69, 9.17) is 0 Å². The molecule has 4 nitrogen and oxygen atoms in total. The summed E-state index contributed by atoms with van der Waals surface area (Å²) in [6.07, 6.45) is 3.61. The van der Waals surface area contributed by atoms with E-state index in [1.165, 1.54) is 5.56 Å². The molecule has 1 atom stereocenters. The van der Waals surface area contributed by atoms with Crippen LogP contribution in [0, 0.1) is 0 Å². The van der Waals surface area contributed by atoms with Gasteiger partial charge in [0.2, 0.25) is 5.95 Å². The molecular weight excluding hydrogens is 236 g/mol. The van der Waals surface area contributed by atoms with Crippen LogP contribution in [0.25, 0.3) is 0 Å². The summed E-state index contributed by atoms with van der Waals surface area (Å²) in [4.78, 5) is 13.4. The van der Waals surface area contributed by atoms with Crippen LogP contribution in [-0.2, 0) is 0 Å². The van der Waals surface area contributed by atoms with E-state index in [1.54, 1.807) is 12.4 Å². The molecule has 4 heteroatoms. The summed E-state index contributed by atoms with van der Waals surface area (Å²) in [6, 6.07) is 12.9. The molecule has 2 aromatic rings. The van der Waals surface area contributed by atoms with Gasteiger partial charge in [0.25, 0.3) is 0 Å². The molecule has 2 heterocycles. The molecule has 1 aromatic carbocycles. The smallest absolute Gasteiger partial charge is 0.225 e. The third-order valence-corrected chi connectivity index (χ3v) is 3.67. The average molecular weight is 254 g/mol. The molecule has 0 N–H and O–H groups in total. The first-order valence-electron chi connectivity index (χ1n) is 6.62. The maximum atomic E-state index is 4.35. The molecule has 0 radical (unpaired) electrons. The number of hydrogen-bond acceptors (Lipinski definition) is 4. The molecule has 1 saturated heterocycles. The number of benzene rings is 1. The van der Waals surface area contributed by atoms with Gasteiger partial charge < -0.3 is 4.90 Å². The van der Waals surface area contributed by atoms with Crippen molar-refractivity contribution in [2.75, 3.05) is 31.6 Å². The fourth-order valence-electron chi connectivity index (χ4n) is 2.54. The van der Waals surface area contributed by atoms with Gasteiger partial charge in [-0.2, -0.15) is 0 Å². The van der Waals surface area contributed by atoms with Crippen LogP contribution in [0.15, 0.2) is 48.8 Å². The van der Waals surface area contributed by atoms with E-state index in [-0.39, 0.29) is 0 Å². The number of hydrogen-bond donors (Lipinski definition) is 0. The summed E-state index contributed by atoms with van der Waals surface area (Å²) in [6.45, 7) is 2.94. The topological polar surface area (TPSA) is 32.3 Å². The molecule has 0 spiro atoms. The minimum atomic E-state index is 0.402. The Morgan fingerprint density at radius 1 is 1.00 bits per heavy atom. The molecule has 1 aliphatic heterocycles. The van der Waals surface area contributed by atoms with E-state index >= 15 is 0 Å². The van der Waals surface area contributed by atoms with Crippen molar-refractivity contribution < 1.29 is 0 Å². The highest BCUT2D eigenvalue weighted by atomic mass is 15.3. The monoisotopic (exact) mass is 254 g/mol. The Balaban J connectivity index is 1.82. The summed E-state index contributed by atoms with van der Waals surface area (Å²) in [5, 5.41) is 0. The zero-order chi connectivity index (χ0) is 13.1. The highest BCUT2D eigenvalue weighted by molar-refractivity contribution is 5.32. The zero-order valence-electron chi connectivity index (χ0n) is 11.1. The van der Waals surface area contributed by atoms with Gasteiger partial charge in [-0.25, -0.2) is 9.97 Å². The van der Waals surface area contributed by atoms with E-state index in [0.29, 0.717) is 6.04 Å². The lowest BCUT2D eigenvalue weighted by Gasteiger charge is -2.39. The van der Waals surface area contributed by atoms with Crippen molar-refractivity contribution >= 4 is 5.95 Å². The lowest BCUT2D eigenvalue weighted by atomic mass is 10.0. The van der Waals surface area contributed by atoms with Crippen molar-refractivity contribution in [3.63, 3.8) is 0 Å². The summed E-state index contributed by atoms with van der Waals surface area (Å²) in [7, 11) is 2.18. The summed E-state index contributed by atoms with van der Waals surface area (Å²) < 4.78 is 0. The molecule has 0 saturated carbocycles. The summed E-state index contributed by atoms with van der Waals surface area (Å²) >= 11 is 0. The van der Waals surface area contributed by atoms with Gasteiger partial charge >= 0.3 is 0 Å². The molecule has 1 aliphatic rings. The SMILES string of the molecule is CN1CCN(c2ncccn2)C[C@H]1c1ccccc1. The van der Waals surface area contributed by atoms with Gasteiger partial charge in [0.05, 0.1) is 6.04 Å². The lowest BCUT2D eigenvalue weighted by molar-refractivity contribution is 0.220. The van der Waals surface area contributed by atoms with Crippen molar-refractivity contribution in [1.82, 2.24) is 14.9 Å². The minimum Gasteiger partial charge on any atom is -0.338 e. The van der Waals surface area contributed by atoms with Crippen LogP contribution < -0.4 is 4.90 Å². The predicted molar refractivity (Wildman–Crippen MR) is 76.1 cm³/mol. The Kier molecular flexibility index (Phi) is 3.42. The highest BCUT2D eigenvalue weighted by Gasteiger charge is 2.26. The van der Waals surface area contributed by atoms with Crippen LogP contribution in [0.4, 0.5) is 5.95 Å². The molecule has 19 heavy (non-hydrogen) atoms. The predicted octanol–water partition coefficient (Wildman–Crippen LogP) is 1.97. The Morgan fingerprint density at radius 2 is 1.74 bits per heavy atom. The Bertz CT molecular complexity index is 514. The molecule has 0 unspecified atom stereocenters. The van der Waals surface area contributed by atoms with Crippen LogP contribution in [0.5, 0.6) is 0 Å². The van der Waals surface area contributed by atoms with E-state index in [1.807, 2.05) is 6.07 Å². The third kappa shape index (κ3) is 2.58. The number of anilines is 1. The summed E-state index contributed by atoms with van der Waals surface area (Å²) in [5.41, 5.74) is 1.35. The first kappa shape index (κ1) is 12.1. The van der Waals surface area contributed by atoms with Crippen molar-refractivity contribution in [3.8, 4) is 0 Å². The van der Waals surface area contributed by atoms with Crippen LogP contribution in [-0.4, -0.2) is 41.5 Å². The molecule has 0 bridgehead atoms. The second-order valence-corrected chi connectivity index (χ2v) is 4.90. The maximum absolute atomic E-state index is 4.35. The highest BCUT2D eigenvalue weighted by Crippen LogP contribution is 2.25. The van der Waals surface area contributed by atoms with Crippen LogP contribution in [0.1, 0.15) is 11.6 Å². The number of likely N-dealkylation sites (N-methyl/N-ethyl adjacent to an activating group) is 1. The average Bonchev–Trinajstić information content (AvgIpc) is 2.49. The van der Waals surface area contributed by atoms with E-state index in [0.717, 1.165) is 25.6 Å². The van der Waals surface area contributed by atoms with Gasteiger partial charge in [-0.15, -0.1) is 0 Å². The van der Waals surface area contributed by atoms with Gasteiger partial charge in [-0.1, -0.05) is 30.3 Å². The summed E-state index contributed by atoms with van der Waals surface area (Å²) in [5.74, 6) is 0.830. The normalized spacial score (nSPS) is 20.5. The maximum Gasteiger partial charge on any atom is 0.225 e. The fraction of sp³-hybridized carbons (Fsp3) is 0.333. The fourth-order valence-corrected chi connectivity index (χ4v) is 2.54. The molecule has 3 rings (SSSR count). The number of piperazine rings is 1. The van der Waals surface area contributed by atoms with Gasteiger partial charge in [-0.05, 0) is 18.7 Å². The second kappa shape index (κ2) is 5.36. The van der Waals surface area contributed by atoms with Crippen molar-refractivity contribution in [2.24, 2.45) is 0 Å². The van der Waals surface area contributed by atoms with Gasteiger partial charge in [0, 0.05) is 32.0 Å². The molecule has 1 aromatic heterocycles. The number of aromatic nitrogens is 2. The van der Waals surface area contributed by atoms with Crippen LogP contribution >= 0.6 is 0 Å². The van der Waals surface area contributed by atoms with Crippen LogP contribution in [0.2, 0.25) is 0 Å². The van der Waals surface area contributed by atoms with E-state index < -0.39 is 0 Å². The molecular formula is C15H18N4. The van der Waals surface area contributed by atoms with E-state index in [2.05, 4.69) is 57.1 Å². The Hall–Kier alpha value is -1.94. The molecule has 0 aliphatic carbocycles. The molecule has 98 valence electrons. The second-order valence-electron chi connectivity index (χ2n) is 4.90. The number of nitrogens with zero attached hydrogens (tertiary/aromatic N) is 4. The van der Waals surface area contributed by atoms with Crippen molar-refractivity contribution in [2.45, 2.75) is 6.04 Å². The Morgan fingerprint density at radius 3 is 2.47 bits per heavy atom. The first-order valence-corrected chi connectivity index (χ1v) is 6.62. The Labute approximate surface area is 113 Å². The standard InChI is InChI=1S/C15H18N4/c1-18-10-11-19(15-16-8-5-9-17-15)12-14(18)13-6-3-2-4-7-13/h2-9,14H,10-12H2,1H3/t14-/m0/s1. The van der Waals surface area contributed by atoms with Crippen LogP contribution in [0.3, 0.4) is 0 Å². The largest absolute Gasteiger partial charge is 0.338 e. The van der Waals surface area contributed by atoms with Gasteiger partial charge in [0.1, 0.15) is 0 Å². The first-order chi connectivity index (χ1) is 9.34. The van der Waals surface area contributed by atoms with Gasteiger partial charge in [-0.3, -0.25) is 4.90 Å². The molecule has 1 fully saturated rings. The van der Waals surface area contributed by atoms with Crippen molar-refractivity contribution in [1.29, 1.82) is 0 Å². The quantitative estimate of drug-likeness (QED) is 0.820. The third-order valence-electron chi connectivity index (χ3n) is 3.67. The minimum absolute atomic E-state index is 0.402. The molecule has 0 amide bonds. The zero-order valence-corrected chi connectivity index (χ0v) is 11.1. The number of rotatable bonds is 2. The van der Waals surface area contributed by atoms with E-state index in [9.17, 15) is 0 Å².